The van der Waals surface area contributed by atoms with E-state index in [2.05, 4.69) is 5.32 Å². The molecule has 0 fully saturated rings. The number of benzene rings is 3. The molecule has 3 aromatic carbocycles. The fourth-order valence-electron chi connectivity index (χ4n) is 3.22. The van der Waals surface area contributed by atoms with Crippen LogP contribution in [0.2, 0.25) is 0 Å². The average molecular weight is 385 g/mol. The second kappa shape index (κ2) is 8.71. The van der Waals surface area contributed by atoms with Crippen molar-refractivity contribution in [3.63, 3.8) is 0 Å². The number of quaternary nitrogens is 1. The standard InChI is InChI=1S/C22H19F3N2O/c1-27(14-19(28)26-18-13-12-17(23)20(24)21(18)25)22(15-8-4-2-5-9-15)16-10-6-3-7-11-16/h2-13,22H,14H2,1H3,(H,26,28)/p+1. The zero-order valence-corrected chi connectivity index (χ0v) is 15.3. The van der Waals surface area contributed by atoms with Crippen molar-refractivity contribution >= 4 is 11.6 Å². The first kappa shape index (κ1) is 19.6. The second-order valence-electron chi connectivity index (χ2n) is 6.55. The van der Waals surface area contributed by atoms with E-state index in [1.54, 1.807) is 0 Å². The average Bonchev–Trinajstić information content (AvgIpc) is 2.70. The van der Waals surface area contributed by atoms with E-state index < -0.39 is 23.4 Å². The molecule has 6 heteroatoms. The molecular formula is C22H20F3N2O+. The largest absolute Gasteiger partial charge is 0.320 e. The number of nitrogens with one attached hydrogen (secondary N) is 2. The lowest BCUT2D eigenvalue weighted by molar-refractivity contribution is -0.897. The van der Waals surface area contributed by atoms with Crippen molar-refractivity contribution in [2.24, 2.45) is 0 Å². The number of rotatable bonds is 6. The molecule has 0 aliphatic rings. The molecule has 0 saturated heterocycles. The first-order chi connectivity index (χ1) is 13.5. The monoisotopic (exact) mass is 385 g/mol. The Morgan fingerprint density at radius 1 is 0.857 bits per heavy atom. The molecule has 1 amide bonds. The maximum atomic E-state index is 13.8. The first-order valence-corrected chi connectivity index (χ1v) is 8.83. The van der Waals surface area contributed by atoms with Crippen molar-refractivity contribution in [1.29, 1.82) is 0 Å². The molecule has 0 radical (unpaired) electrons. The summed E-state index contributed by atoms with van der Waals surface area (Å²) in [5, 5.41) is 2.33. The Kier molecular flexibility index (Phi) is 6.11. The Labute approximate surface area is 161 Å². The second-order valence-corrected chi connectivity index (χ2v) is 6.55. The number of hydrogen-bond donors (Lipinski definition) is 2. The summed E-state index contributed by atoms with van der Waals surface area (Å²) in [6.45, 7) is 0.00684. The lowest BCUT2D eigenvalue weighted by Gasteiger charge is -2.25. The van der Waals surface area contributed by atoms with Gasteiger partial charge in [-0.1, -0.05) is 60.7 Å². The lowest BCUT2D eigenvalue weighted by Crippen LogP contribution is -3.10. The van der Waals surface area contributed by atoms with Crippen LogP contribution in [-0.4, -0.2) is 19.5 Å². The van der Waals surface area contributed by atoms with Gasteiger partial charge >= 0.3 is 0 Å². The minimum atomic E-state index is -1.61. The summed E-state index contributed by atoms with van der Waals surface area (Å²) in [5.74, 6) is -4.82. The van der Waals surface area contributed by atoms with E-state index in [1.807, 2.05) is 67.7 Å². The summed E-state index contributed by atoms with van der Waals surface area (Å²) in [4.78, 5) is 13.3. The SMILES string of the molecule is C[NH+](CC(=O)Nc1ccc(F)c(F)c1F)C(c1ccccc1)c1ccccc1. The van der Waals surface area contributed by atoms with E-state index in [1.165, 1.54) is 0 Å². The van der Waals surface area contributed by atoms with Crippen molar-refractivity contribution in [1.82, 2.24) is 0 Å². The Morgan fingerprint density at radius 3 is 1.93 bits per heavy atom. The molecule has 28 heavy (non-hydrogen) atoms. The minimum absolute atomic E-state index is 0.00684. The van der Waals surface area contributed by atoms with Crippen LogP contribution in [0.3, 0.4) is 0 Å². The highest BCUT2D eigenvalue weighted by molar-refractivity contribution is 5.91. The highest BCUT2D eigenvalue weighted by Gasteiger charge is 2.25. The Balaban J connectivity index is 1.79. The molecule has 3 rings (SSSR count). The molecule has 0 aromatic heterocycles. The van der Waals surface area contributed by atoms with Gasteiger partial charge < -0.3 is 10.2 Å². The predicted octanol–water partition coefficient (Wildman–Crippen LogP) is 3.35. The molecule has 0 bridgehead atoms. The molecule has 1 unspecified atom stereocenters. The third kappa shape index (κ3) is 4.40. The third-order valence-electron chi connectivity index (χ3n) is 4.51. The first-order valence-electron chi connectivity index (χ1n) is 8.83. The molecule has 2 N–H and O–H groups in total. The maximum Gasteiger partial charge on any atom is 0.279 e. The summed E-state index contributed by atoms with van der Waals surface area (Å²) in [6.07, 6.45) is 0. The van der Waals surface area contributed by atoms with Crippen molar-refractivity contribution in [2.45, 2.75) is 6.04 Å². The van der Waals surface area contributed by atoms with E-state index in [9.17, 15) is 18.0 Å². The summed E-state index contributed by atoms with van der Waals surface area (Å²) in [6, 6.07) is 21.1. The Hall–Kier alpha value is -3.12. The zero-order valence-electron chi connectivity index (χ0n) is 15.3. The third-order valence-corrected chi connectivity index (χ3v) is 4.51. The van der Waals surface area contributed by atoms with Crippen LogP contribution in [-0.2, 0) is 4.79 Å². The van der Waals surface area contributed by atoms with Gasteiger partial charge in [0.05, 0.1) is 12.7 Å². The Bertz CT molecular complexity index is 909. The summed E-state index contributed by atoms with van der Waals surface area (Å²) >= 11 is 0. The summed E-state index contributed by atoms with van der Waals surface area (Å²) in [7, 11) is 1.85. The van der Waals surface area contributed by atoms with E-state index in [4.69, 9.17) is 0 Å². The van der Waals surface area contributed by atoms with Crippen LogP contribution >= 0.6 is 0 Å². The van der Waals surface area contributed by atoms with Gasteiger partial charge in [0, 0.05) is 11.1 Å². The molecule has 144 valence electrons. The van der Waals surface area contributed by atoms with Gasteiger partial charge in [0.2, 0.25) is 0 Å². The van der Waals surface area contributed by atoms with Crippen molar-refractivity contribution in [3.8, 4) is 0 Å². The number of halogens is 3. The highest BCUT2D eigenvalue weighted by Crippen LogP contribution is 2.20. The van der Waals surface area contributed by atoms with Gasteiger partial charge in [-0.25, -0.2) is 13.2 Å². The lowest BCUT2D eigenvalue weighted by atomic mass is 9.97. The van der Waals surface area contributed by atoms with Crippen LogP contribution in [0.5, 0.6) is 0 Å². The zero-order chi connectivity index (χ0) is 20.1. The maximum absolute atomic E-state index is 13.8. The van der Waals surface area contributed by atoms with E-state index >= 15 is 0 Å². The molecule has 3 aromatic rings. The van der Waals surface area contributed by atoms with Crippen LogP contribution in [0, 0.1) is 17.5 Å². The molecular weight excluding hydrogens is 365 g/mol. The molecule has 1 atom stereocenters. The van der Waals surface area contributed by atoms with Gasteiger partial charge in [-0.05, 0) is 12.1 Å². The fourth-order valence-corrected chi connectivity index (χ4v) is 3.22. The van der Waals surface area contributed by atoms with Gasteiger partial charge in [0.15, 0.2) is 24.0 Å². The van der Waals surface area contributed by atoms with Gasteiger partial charge in [0.1, 0.15) is 6.04 Å². The van der Waals surface area contributed by atoms with Crippen molar-refractivity contribution < 1.29 is 22.9 Å². The predicted molar refractivity (Wildman–Crippen MR) is 101 cm³/mol. The fraction of sp³-hybridized carbons (Fsp3) is 0.136. The highest BCUT2D eigenvalue weighted by atomic mass is 19.2. The van der Waals surface area contributed by atoms with Crippen LogP contribution in [0.1, 0.15) is 17.2 Å². The topological polar surface area (TPSA) is 33.5 Å². The summed E-state index contributed by atoms with van der Waals surface area (Å²) in [5.41, 5.74) is 1.67. The van der Waals surface area contributed by atoms with Crippen LogP contribution < -0.4 is 10.2 Å². The van der Waals surface area contributed by atoms with Gasteiger partial charge in [-0.3, -0.25) is 4.79 Å². The summed E-state index contributed by atoms with van der Waals surface area (Å²) < 4.78 is 40.2. The number of hydrogen-bond acceptors (Lipinski definition) is 1. The minimum Gasteiger partial charge on any atom is -0.320 e. The molecule has 3 nitrogen and oxygen atoms in total. The number of carbonyl (C=O) groups excluding carboxylic acids is 1. The van der Waals surface area contributed by atoms with Gasteiger partial charge in [-0.15, -0.1) is 0 Å². The van der Waals surface area contributed by atoms with E-state index in [0.717, 1.165) is 28.2 Å². The van der Waals surface area contributed by atoms with Gasteiger partial charge in [-0.2, -0.15) is 0 Å². The number of likely N-dealkylation sites (N-methyl/N-ethyl adjacent to an activating group) is 1. The Morgan fingerprint density at radius 2 is 1.39 bits per heavy atom. The van der Waals surface area contributed by atoms with Gasteiger partial charge in [0.25, 0.3) is 5.91 Å². The number of anilines is 1. The molecule has 0 aliphatic carbocycles. The molecule has 0 spiro atoms. The van der Waals surface area contributed by atoms with Crippen LogP contribution in [0.4, 0.5) is 18.9 Å². The van der Waals surface area contributed by atoms with Crippen molar-refractivity contribution in [3.05, 3.63) is 101 Å². The van der Waals surface area contributed by atoms with Crippen molar-refractivity contribution in [2.75, 3.05) is 18.9 Å². The molecule has 0 saturated carbocycles. The number of amides is 1. The van der Waals surface area contributed by atoms with Crippen LogP contribution in [0.25, 0.3) is 0 Å². The van der Waals surface area contributed by atoms with E-state index in [-0.39, 0.29) is 18.3 Å². The molecule has 0 heterocycles. The quantitative estimate of drug-likeness (QED) is 0.627. The van der Waals surface area contributed by atoms with Crippen LogP contribution in [0.15, 0.2) is 72.8 Å². The number of carbonyl (C=O) groups is 1. The van der Waals surface area contributed by atoms with E-state index in [0.29, 0.717) is 0 Å². The molecule has 0 aliphatic heterocycles. The smallest absolute Gasteiger partial charge is 0.279 e. The normalized spacial score (nSPS) is 12.0.